The smallest absolute Gasteiger partial charge is 0.213 e. The predicted octanol–water partition coefficient (Wildman–Crippen LogP) is 4.62. The van der Waals surface area contributed by atoms with Gasteiger partial charge in [0, 0.05) is 5.56 Å². The van der Waals surface area contributed by atoms with Crippen LogP contribution in [0.15, 0.2) is 42.5 Å². The van der Waals surface area contributed by atoms with Crippen LogP contribution >= 0.6 is 0 Å². The van der Waals surface area contributed by atoms with E-state index in [4.69, 9.17) is 0 Å². The highest BCUT2D eigenvalue weighted by atomic mass is 19.1. The van der Waals surface area contributed by atoms with Crippen molar-refractivity contribution in [1.82, 2.24) is 4.98 Å². The summed E-state index contributed by atoms with van der Waals surface area (Å²) in [4.78, 5) is 3.88. The Balaban J connectivity index is 2.07. The van der Waals surface area contributed by atoms with Crippen LogP contribution in [0.2, 0.25) is 0 Å². The zero-order valence-corrected chi connectivity index (χ0v) is 10.7. The van der Waals surface area contributed by atoms with E-state index < -0.39 is 5.95 Å². The largest absolute Gasteiger partial charge is 0.220 e. The highest BCUT2D eigenvalue weighted by Crippen LogP contribution is 2.18. The first kappa shape index (κ1) is 12.7. The molecule has 0 unspecified atom stereocenters. The van der Waals surface area contributed by atoms with Gasteiger partial charge in [-0.25, -0.2) is 4.98 Å². The highest BCUT2D eigenvalue weighted by Gasteiger charge is 2.01. The Morgan fingerprint density at radius 3 is 2.44 bits per heavy atom. The summed E-state index contributed by atoms with van der Waals surface area (Å²) in [5.74, 6) is -0.431. The minimum Gasteiger partial charge on any atom is -0.220 e. The Hall–Kier alpha value is -1.70. The first-order chi connectivity index (χ1) is 8.79. The van der Waals surface area contributed by atoms with Crippen LogP contribution in [0.5, 0.6) is 0 Å². The molecule has 18 heavy (non-hydrogen) atoms. The maximum atomic E-state index is 13.0. The molecule has 0 bridgehead atoms. The molecule has 0 saturated carbocycles. The predicted molar refractivity (Wildman–Crippen MR) is 72.9 cm³/mol. The Labute approximate surface area is 108 Å². The summed E-state index contributed by atoms with van der Waals surface area (Å²) in [5.41, 5.74) is 2.99. The van der Waals surface area contributed by atoms with Crippen LogP contribution in [-0.2, 0) is 6.42 Å². The average molecular weight is 243 g/mol. The van der Waals surface area contributed by atoms with Gasteiger partial charge in [0.05, 0.1) is 5.69 Å². The van der Waals surface area contributed by atoms with E-state index in [9.17, 15) is 4.39 Å². The molecule has 0 N–H and O–H groups in total. The molecule has 0 fully saturated rings. The molecule has 1 heterocycles. The summed E-state index contributed by atoms with van der Waals surface area (Å²) in [5, 5.41) is 0. The molecule has 2 rings (SSSR count). The highest BCUT2D eigenvalue weighted by molar-refractivity contribution is 5.59. The van der Waals surface area contributed by atoms with Crippen LogP contribution in [0.25, 0.3) is 11.3 Å². The molecule has 1 aromatic heterocycles. The summed E-state index contributed by atoms with van der Waals surface area (Å²) >= 11 is 0. The second-order valence-corrected chi connectivity index (χ2v) is 4.50. The SMILES string of the molecule is CCCCCc1ccc(-c2cccc(F)n2)cc1. The van der Waals surface area contributed by atoms with Gasteiger partial charge in [0.1, 0.15) is 0 Å². The molecule has 0 aliphatic carbocycles. The lowest BCUT2D eigenvalue weighted by Gasteiger charge is -2.04. The molecule has 0 radical (unpaired) electrons. The fraction of sp³-hybridized carbons (Fsp3) is 0.312. The van der Waals surface area contributed by atoms with Gasteiger partial charge in [0.15, 0.2) is 0 Å². The van der Waals surface area contributed by atoms with Gasteiger partial charge < -0.3 is 0 Å². The minimum absolute atomic E-state index is 0.431. The van der Waals surface area contributed by atoms with E-state index in [0.717, 1.165) is 12.0 Å². The van der Waals surface area contributed by atoms with Crippen molar-refractivity contribution in [3.63, 3.8) is 0 Å². The zero-order chi connectivity index (χ0) is 12.8. The summed E-state index contributed by atoms with van der Waals surface area (Å²) in [6, 6.07) is 13.1. The fourth-order valence-corrected chi connectivity index (χ4v) is 1.99. The van der Waals surface area contributed by atoms with E-state index in [1.165, 1.54) is 30.9 Å². The normalized spacial score (nSPS) is 10.6. The Morgan fingerprint density at radius 1 is 1.00 bits per heavy atom. The molecule has 0 saturated heterocycles. The molecular formula is C16H18FN. The van der Waals surface area contributed by atoms with Crippen molar-refractivity contribution in [1.29, 1.82) is 0 Å². The van der Waals surface area contributed by atoms with Crippen molar-refractivity contribution in [2.45, 2.75) is 32.6 Å². The Morgan fingerprint density at radius 2 is 1.78 bits per heavy atom. The number of rotatable bonds is 5. The maximum Gasteiger partial charge on any atom is 0.213 e. The van der Waals surface area contributed by atoms with Crippen molar-refractivity contribution in [2.75, 3.05) is 0 Å². The van der Waals surface area contributed by atoms with E-state index in [-0.39, 0.29) is 0 Å². The Bertz CT molecular complexity index is 491. The summed E-state index contributed by atoms with van der Waals surface area (Å²) in [6.07, 6.45) is 4.86. The Kier molecular flexibility index (Phi) is 4.46. The van der Waals surface area contributed by atoms with Crippen LogP contribution in [0.3, 0.4) is 0 Å². The number of pyridine rings is 1. The number of hydrogen-bond acceptors (Lipinski definition) is 1. The molecule has 0 amide bonds. The van der Waals surface area contributed by atoms with Gasteiger partial charge in [-0.15, -0.1) is 0 Å². The molecular weight excluding hydrogens is 225 g/mol. The van der Waals surface area contributed by atoms with Crippen molar-refractivity contribution >= 4 is 0 Å². The van der Waals surface area contributed by atoms with Gasteiger partial charge >= 0.3 is 0 Å². The van der Waals surface area contributed by atoms with E-state index in [1.54, 1.807) is 6.07 Å². The minimum atomic E-state index is -0.431. The third-order valence-electron chi connectivity index (χ3n) is 3.03. The van der Waals surface area contributed by atoms with E-state index >= 15 is 0 Å². The number of nitrogens with zero attached hydrogens (tertiary/aromatic N) is 1. The average Bonchev–Trinajstić information content (AvgIpc) is 2.40. The number of halogens is 1. The second-order valence-electron chi connectivity index (χ2n) is 4.50. The van der Waals surface area contributed by atoms with Crippen LogP contribution < -0.4 is 0 Å². The standard InChI is InChI=1S/C16H18FN/c1-2-3-4-6-13-9-11-14(12-10-13)15-7-5-8-16(17)18-15/h5,7-12H,2-4,6H2,1H3. The lowest BCUT2D eigenvalue weighted by molar-refractivity contribution is 0.585. The van der Waals surface area contributed by atoms with Crippen molar-refractivity contribution in [2.24, 2.45) is 0 Å². The molecule has 0 aliphatic heterocycles. The number of aromatic nitrogens is 1. The topological polar surface area (TPSA) is 12.9 Å². The molecule has 1 nitrogen and oxygen atoms in total. The lowest BCUT2D eigenvalue weighted by atomic mass is 10.0. The van der Waals surface area contributed by atoms with E-state index in [0.29, 0.717) is 5.69 Å². The number of unbranched alkanes of at least 4 members (excludes halogenated alkanes) is 2. The summed E-state index contributed by atoms with van der Waals surface area (Å²) in [6.45, 7) is 2.21. The monoisotopic (exact) mass is 243 g/mol. The van der Waals surface area contributed by atoms with Crippen molar-refractivity contribution in [3.05, 3.63) is 54.0 Å². The van der Waals surface area contributed by atoms with Gasteiger partial charge in [-0.3, -0.25) is 0 Å². The van der Waals surface area contributed by atoms with Crippen molar-refractivity contribution < 1.29 is 4.39 Å². The third-order valence-corrected chi connectivity index (χ3v) is 3.03. The van der Waals surface area contributed by atoms with E-state index in [2.05, 4.69) is 24.0 Å². The number of hydrogen-bond donors (Lipinski definition) is 0. The molecule has 94 valence electrons. The molecule has 0 aliphatic rings. The first-order valence-corrected chi connectivity index (χ1v) is 6.51. The fourth-order valence-electron chi connectivity index (χ4n) is 1.99. The maximum absolute atomic E-state index is 13.0. The molecule has 1 aromatic carbocycles. The lowest BCUT2D eigenvalue weighted by Crippen LogP contribution is -1.89. The molecule has 2 aromatic rings. The van der Waals surface area contributed by atoms with Gasteiger partial charge in [0.2, 0.25) is 5.95 Å². The van der Waals surface area contributed by atoms with E-state index in [1.807, 2.05) is 18.2 Å². The third kappa shape index (κ3) is 3.39. The zero-order valence-electron chi connectivity index (χ0n) is 10.7. The van der Waals surface area contributed by atoms with Crippen LogP contribution in [0.1, 0.15) is 31.7 Å². The molecule has 0 atom stereocenters. The van der Waals surface area contributed by atoms with Crippen LogP contribution in [0.4, 0.5) is 4.39 Å². The second kappa shape index (κ2) is 6.29. The van der Waals surface area contributed by atoms with Gasteiger partial charge in [-0.05, 0) is 30.5 Å². The van der Waals surface area contributed by atoms with Crippen LogP contribution in [0, 0.1) is 5.95 Å². The summed E-state index contributed by atoms with van der Waals surface area (Å²) < 4.78 is 13.0. The molecule has 0 spiro atoms. The molecule has 2 heteroatoms. The van der Waals surface area contributed by atoms with Gasteiger partial charge in [-0.2, -0.15) is 4.39 Å². The number of benzene rings is 1. The van der Waals surface area contributed by atoms with Crippen molar-refractivity contribution in [3.8, 4) is 11.3 Å². The number of aryl methyl sites for hydroxylation is 1. The quantitative estimate of drug-likeness (QED) is 0.551. The van der Waals surface area contributed by atoms with Gasteiger partial charge in [0.25, 0.3) is 0 Å². The van der Waals surface area contributed by atoms with Crippen LogP contribution in [-0.4, -0.2) is 4.98 Å². The summed E-state index contributed by atoms with van der Waals surface area (Å²) in [7, 11) is 0. The van der Waals surface area contributed by atoms with Gasteiger partial charge in [-0.1, -0.05) is 50.1 Å². The first-order valence-electron chi connectivity index (χ1n) is 6.51.